The van der Waals surface area contributed by atoms with Crippen molar-refractivity contribution in [3.8, 4) is 0 Å². The van der Waals surface area contributed by atoms with Crippen LogP contribution in [0.25, 0.3) is 6.08 Å². The van der Waals surface area contributed by atoms with Gasteiger partial charge >= 0.3 is 18.1 Å². The predicted molar refractivity (Wildman–Crippen MR) is 70.4 cm³/mol. The summed E-state index contributed by atoms with van der Waals surface area (Å²) in [4.78, 5) is 20.0. The van der Waals surface area contributed by atoms with E-state index < -0.39 is 17.7 Å². The molecule has 21 heavy (non-hydrogen) atoms. The van der Waals surface area contributed by atoms with Gasteiger partial charge in [-0.05, 0) is 30.7 Å². The number of rotatable bonds is 3. The molecule has 7 heteroatoms. The fraction of sp³-hybridized carbons (Fsp3) is 0.286. The predicted octanol–water partition coefficient (Wildman–Crippen LogP) is 3.37. The van der Waals surface area contributed by atoms with Crippen molar-refractivity contribution in [2.75, 3.05) is 6.61 Å². The summed E-state index contributed by atoms with van der Waals surface area (Å²) < 4.78 is 40.8. The van der Waals surface area contributed by atoms with Crippen LogP contribution in [0.3, 0.4) is 0 Å². The summed E-state index contributed by atoms with van der Waals surface area (Å²) in [6.07, 6.45) is -2.28. The molecule has 0 bridgehead atoms. The first-order chi connectivity index (χ1) is 9.66. The molecule has 0 saturated carbocycles. The third-order valence-electron chi connectivity index (χ3n) is 2.00. The smallest absolute Gasteiger partial charge is 0.416 e. The molecule has 0 heterocycles. The van der Waals surface area contributed by atoms with Gasteiger partial charge in [0.15, 0.2) is 0 Å². The van der Waals surface area contributed by atoms with Crippen LogP contribution in [0.15, 0.2) is 30.3 Å². The average molecular weight is 304 g/mol. The molecular weight excluding hydrogens is 289 g/mol. The van der Waals surface area contributed by atoms with Crippen LogP contribution in [0.2, 0.25) is 0 Å². The molecule has 0 unspecified atom stereocenters. The zero-order valence-corrected chi connectivity index (χ0v) is 11.5. The van der Waals surface area contributed by atoms with Gasteiger partial charge in [0, 0.05) is 13.0 Å². The number of hydrogen-bond donors (Lipinski definition) is 1. The molecule has 0 radical (unpaired) electrons. The normalized spacial score (nSPS) is 10.7. The van der Waals surface area contributed by atoms with Gasteiger partial charge in [-0.15, -0.1) is 0 Å². The average Bonchev–Trinajstić information content (AvgIpc) is 2.36. The summed E-state index contributed by atoms with van der Waals surface area (Å²) in [6, 6.07) is 4.23. The van der Waals surface area contributed by atoms with Gasteiger partial charge in [0.1, 0.15) is 0 Å². The van der Waals surface area contributed by atoms with Gasteiger partial charge in [0.25, 0.3) is 0 Å². The largest absolute Gasteiger partial charge is 0.478 e. The Morgan fingerprint density at radius 3 is 2.05 bits per heavy atom. The van der Waals surface area contributed by atoms with E-state index in [1.165, 1.54) is 25.1 Å². The summed E-state index contributed by atoms with van der Waals surface area (Å²) in [6.45, 7) is 3.65. The highest BCUT2D eigenvalue weighted by atomic mass is 19.4. The highest BCUT2D eigenvalue weighted by Crippen LogP contribution is 2.29. The number of ether oxygens (including phenoxy) is 1. The summed E-state index contributed by atoms with van der Waals surface area (Å²) >= 11 is 0. The zero-order valence-electron chi connectivity index (χ0n) is 11.5. The lowest BCUT2D eigenvalue weighted by Crippen LogP contribution is -2.03. The Kier molecular flexibility index (Phi) is 7.81. The standard InChI is InChI=1S/C10H7F3O2.C4H8O2/c11-10(12,13)8-4-1-7(2-5-8)3-6-9(14)15;1-3-6-4(2)5/h1-6H,(H,14,15);3H2,1-2H3/b6-3+;. The second kappa shape index (κ2) is 8.78. The van der Waals surface area contributed by atoms with Crippen molar-refractivity contribution in [1.82, 2.24) is 0 Å². The first kappa shape index (κ1) is 18.7. The number of carboxylic acids is 1. The number of alkyl halides is 3. The summed E-state index contributed by atoms with van der Waals surface area (Å²) in [5, 5.41) is 8.29. The minimum absolute atomic E-state index is 0.211. The van der Waals surface area contributed by atoms with Gasteiger partial charge in [-0.3, -0.25) is 4.79 Å². The molecule has 0 spiro atoms. The fourth-order valence-corrected chi connectivity index (χ4v) is 1.15. The SMILES string of the molecule is CCOC(C)=O.O=C(O)/C=C/c1ccc(C(F)(F)F)cc1. The molecule has 116 valence electrons. The van der Waals surface area contributed by atoms with Crippen LogP contribution in [0.5, 0.6) is 0 Å². The van der Waals surface area contributed by atoms with Crippen LogP contribution in [0, 0.1) is 0 Å². The van der Waals surface area contributed by atoms with Gasteiger partial charge in [-0.1, -0.05) is 12.1 Å². The number of carbonyl (C=O) groups excluding carboxylic acids is 1. The van der Waals surface area contributed by atoms with Gasteiger partial charge in [0.05, 0.1) is 12.2 Å². The van der Waals surface area contributed by atoms with Crippen molar-refractivity contribution >= 4 is 18.0 Å². The van der Waals surface area contributed by atoms with Crippen molar-refractivity contribution < 1.29 is 32.6 Å². The number of aliphatic carboxylic acids is 1. The maximum absolute atomic E-state index is 12.1. The molecule has 1 aromatic carbocycles. The van der Waals surface area contributed by atoms with Gasteiger partial charge in [0.2, 0.25) is 0 Å². The van der Waals surface area contributed by atoms with E-state index in [0.29, 0.717) is 12.2 Å². The molecule has 1 N–H and O–H groups in total. The van der Waals surface area contributed by atoms with E-state index in [1.807, 2.05) is 0 Å². The lowest BCUT2D eigenvalue weighted by atomic mass is 10.1. The van der Waals surface area contributed by atoms with Crippen LogP contribution in [-0.2, 0) is 20.5 Å². The van der Waals surface area contributed by atoms with E-state index in [2.05, 4.69) is 4.74 Å². The third-order valence-corrected chi connectivity index (χ3v) is 2.00. The van der Waals surface area contributed by atoms with E-state index in [-0.39, 0.29) is 5.97 Å². The molecule has 0 atom stereocenters. The number of benzene rings is 1. The Hall–Kier alpha value is -2.31. The van der Waals surface area contributed by atoms with Crippen molar-refractivity contribution in [3.63, 3.8) is 0 Å². The topological polar surface area (TPSA) is 63.6 Å². The van der Waals surface area contributed by atoms with Crippen LogP contribution >= 0.6 is 0 Å². The molecule has 1 rings (SSSR count). The summed E-state index contributed by atoms with van der Waals surface area (Å²) in [5.74, 6) is -1.35. The molecule has 4 nitrogen and oxygen atoms in total. The van der Waals surface area contributed by atoms with Crippen LogP contribution in [0.1, 0.15) is 25.0 Å². The first-order valence-corrected chi connectivity index (χ1v) is 5.88. The molecule has 0 saturated heterocycles. The van der Waals surface area contributed by atoms with E-state index in [4.69, 9.17) is 5.11 Å². The van der Waals surface area contributed by atoms with Crippen molar-refractivity contribution in [2.45, 2.75) is 20.0 Å². The lowest BCUT2D eigenvalue weighted by molar-refractivity contribution is -0.140. The van der Waals surface area contributed by atoms with Crippen molar-refractivity contribution in [2.24, 2.45) is 0 Å². The molecule has 0 aromatic heterocycles. The maximum atomic E-state index is 12.1. The minimum atomic E-state index is -4.37. The van der Waals surface area contributed by atoms with Gasteiger partial charge < -0.3 is 9.84 Å². The minimum Gasteiger partial charge on any atom is -0.478 e. The highest BCUT2D eigenvalue weighted by molar-refractivity contribution is 5.85. The Bertz CT molecular complexity index is 490. The number of carbonyl (C=O) groups is 2. The molecule has 0 aliphatic rings. The quantitative estimate of drug-likeness (QED) is 0.687. The Balaban J connectivity index is 0.000000567. The molecule has 0 aliphatic carbocycles. The summed E-state index contributed by atoms with van der Waals surface area (Å²) in [7, 11) is 0. The molecule has 0 aliphatic heterocycles. The monoisotopic (exact) mass is 304 g/mol. The van der Waals surface area contributed by atoms with Crippen LogP contribution in [0.4, 0.5) is 13.2 Å². The van der Waals surface area contributed by atoms with Crippen LogP contribution in [-0.4, -0.2) is 23.7 Å². The Morgan fingerprint density at radius 1 is 1.24 bits per heavy atom. The zero-order chi connectivity index (χ0) is 16.5. The van der Waals surface area contributed by atoms with E-state index in [9.17, 15) is 22.8 Å². The van der Waals surface area contributed by atoms with Crippen LogP contribution < -0.4 is 0 Å². The lowest BCUT2D eigenvalue weighted by Gasteiger charge is -2.05. The Morgan fingerprint density at radius 2 is 1.76 bits per heavy atom. The molecule has 0 amide bonds. The van der Waals surface area contributed by atoms with Crippen molar-refractivity contribution in [3.05, 3.63) is 41.5 Å². The second-order valence-electron chi connectivity index (χ2n) is 3.72. The molecule has 0 fully saturated rings. The van der Waals surface area contributed by atoms with E-state index in [0.717, 1.165) is 18.2 Å². The number of halogens is 3. The Labute approximate surface area is 119 Å². The third kappa shape index (κ3) is 9.26. The molecule has 1 aromatic rings. The number of esters is 1. The fourth-order valence-electron chi connectivity index (χ4n) is 1.15. The number of hydrogen-bond acceptors (Lipinski definition) is 3. The second-order valence-corrected chi connectivity index (χ2v) is 3.72. The number of carboxylic acid groups (broad SMARTS) is 1. The van der Waals surface area contributed by atoms with E-state index >= 15 is 0 Å². The van der Waals surface area contributed by atoms with Gasteiger partial charge in [-0.2, -0.15) is 13.2 Å². The molecular formula is C14H15F3O4. The first-order valence-electron chi connectivity index (χ1n) is 5.88. The van der Waals surface area contributed by atoms with Gasteiger partial charge in [-0.25, -0.2) is 4.79 Å². The van der Waals surface area contributed by atoms with Crippen molar-refractivity contribution in [1.29, 1.82) is 0 Å². The highest BCUT2D eigenvalue weighted by Gasteiger charge is 2.29. The maximum Gasteiger partial charge on any atom is 0.416 e. The van der Waals surface area contributed by atoms with E-state index in [1.54, 1.807) is 6.92 Å². The summed E-state index contributed by atoms with van der Waals surface area (Å²) in [5.41, 5.74) is -0.347.